The van der Waals surface area contributed by atoms with Gasteiger partial charge in [0.05, 0.1) is 0 Å². The van der Waals surface area contributed by atoms with Crippen LogP contribution >= 0.6 is 0 Å². The van der Waals surface area contributed by atoms with Crippen LogP contribution in [0.4, 0.5) is 0 Å². The van der Waals surface area contributed by atoms with E-state index in [9.17, 15) is 35.1 Å². The number of hydrogen-bond acceptors (Lipinski definition) is 5. The van der Waals surface area contributed by atoms with Crippen LogP contribution in [-0.2, 0) is 15.2 Å². The first-order chi connectivity index (χ1) is 10.8. The van der Waals surface area contributed by atoms with Gasteiger partial charge in [-0.05, 0) is 35.4 Å². The highest BCUT2D eigenvalue weighted by Gasteiger charge is 2.51. The van der Waals surface area contributed by atoms with Gasteiger partial charge in [-0.3, -0.25) is 4.79 Å². The highest BCUT2D eigenvalue weighted by atomic mass is 16.4. The Morgan fingerprint density at radius 1 is 0.913 bits per heavy atom. The zero-order chi connectivity index (χ0) is 17.2. The van der Waals surface area contributed by atoms with Crippen LogP contribution in [0.15, 0.2) is 48.5 Å². The number of aliphatic hydroxyl groups is 1. The van der Waals surface area contributed by atoms with Crippen molar-refractivity contribution in [1.82, 2.24) is 0 Å². The van der Waals surface area contributed by atoms with Crippen LogP contribution in [0, 0.1) is 0 Å². The normalized spacial score (nSPS) is 14.7. The first-order valence-corrected chi connectivity index (χ1v) is 6.54. The first kappa shape index (κ1) is 16.3. The smallest absolute Gasteiger partial charge is 0.341 e. The molecule has 0 fully saturated rings. The van der Waals surface area contributed by atoms with Crippen LogP contribution in [0.5, 0.6) is 11.5 Å². The van der Waals surface area contributed by atoms with Crippen LogP contribution in [0.2, 0.25) is 0 Å². The van der Waals surface area contributed by atoms with Gasteiger partial charge in [0.25, 0.3) is 0 Å². The Morgan fingerprint density at radius 2 is 1.48 bits per heavy atom. The second kappa shape index (κ2) is 5.98. The Balaban J connectivity index is 2.70. The summed E-state index contributed by atoms with van der Waals surface area (Å²) >= 11 is 0. The van der Waals surface area contributed by atoms with Gasteiger partial charge in [0, 0.05) is 0 Å². The standard InChI is InChI=1S/C16H14O7/c17-11-5-1-3-9(7-11)13(14(19)20)16(23,15(21)22)10-4-2-6-12(18)8-10/h1-8,13,17-18,23H,(H,19,20)(H,21,22). The molecular weight excluding hydrogens is 304 g/mol. The molecule has 2 aromatic rings. The second-order valence-electron chi connectivity index (χ2n) is 4.99. The van der Waals surface area contributed by atoms with E-state index in [4.69, 9.17) is 0 Å². The van der Waals surface area contributed by atoms with Gasteiger partial charge in [0.2, 0.25) is 5.60 Å². The predicted octanol–water partition coefficient (Wildman–Crippen LogP) is 1.24. The summed E-state index contributed by atoms with van der Waals surface area (Å²) in [5.41, 5.74) is -3.22. The molecule has 5 N–H and O–H groups in total. The SMILES string of the molecule is O=C(O)C(c1cccc(O)c1)C(O)(C(=O)O)c1cccc(O)c1. The molecule has 0 spiro atoms. The van der Waals surface area contributed by atoms with E-state index in [2.05, 4.69) is 0 Å². The van der Waals surface area contributed by atoms with Crippen molar-refractivity contribution in [3.63, 3.8) is 0 Å². The number of carboxylic acid groups (broad SMARTS) is 2. The summed E-state index contributed by atoms with van der Waals surface area (Å²) in [7, 11) is 0. The molecule has 0 radical (unpaired) electrons. The number of aliphatic carboxylic acids is 2. The van der Waals surface area contributed by atoms with Gasteiger partial charge in [-0.15, -0.1) is 0 Å². The fourth-order valence-electron chi connectivity index (χ4n) is 2.42. The summed E-state index contributed by atoms with van der Waals surface area (Å²) in [5.74, 6) is -5.86. The first-order valence-electron chi connectivity index (χ1n) is 6.54. The minimum atomic E-state index is -2.83. The minimum Gasteiger partial charge on any atom is -0.508 e. The van der Waals surface area contributed by atoms with E-state index >= 15 is 0 Å². The average molecular weight is 318 g/mol. The zero-order valence-corrected chi connectivity index (χ0v) is 11.7. The molecule has 2 aromatic carbocycles. The van der Waals surface area contributed by atoms with Crippen molar-refractivity contribution in [3.05, 3.63) is 59.7 Å². The number of carboxylic acids is 2. The van der Waals surface area contributed by atoms with Crippen LogP contribution < -0.4 is 0 Å². The third-order valence-electron chi connectivity index (χ3n) is 3.48. The lowest BCUT2D eigenvalue weighted by Gasteiger charge is -2.30. The number of hydrogen-bond donors (Lipinski definition) is 5. The molecule has 2 atom stereocenters. The molecule has 7 heteroatoms. The van der Waals surface area contributed by atoms with E-state index in [1.807, 2.05) is 0 Å². The number of benzene rings is 2. The lowest BCUT2D eigenvalue weighted by molar-refractivity contribution is -0.170. The molecule has 0 aliphatic rings. The Morgan fingerprint density at radius 3 is 1.96 bits per heavy atom. The summed E-state index contributed by atoms with van der Waals surface area (Å²) in [6.45, 7) is 0. The molecule has 120 valence electrons. The number of phenolic OH excluding ortho intramolecular Hbond substituents is 2. The molecular formula is C16H14O7. The highest BCUT2D eigenvalue weighted by Crippen LogP contribution is 2.39. The molecule has 0 saturated heterocycles. The van der Waals surface area contributed by atoms with E-state index in [1.165, 1.54) is 36.4 Å². The molecule has 0 aliphatic carbocycles. The molecule has 0 aromatic heterocycles. The number of phenols is 2. The summed E-state index contributed by atoms with van der Waals surface area (Å²) in [6, 6.07) is 9.71. The van der Waals surface area contributed by atoms with E-state index in [0.29, 0.717) is 0 Å². The molecule has 0 amide bonds. The van der Waals surface area contributed by atoms with Crippen molar-refractivity contribution in [2.45, 2.75) is 11.5 Å². The topological polar surface area (TPSA) is 135 Å². The van der Waals surface area contributed by atoms with Crippen LogP contribution in [0.25, 0.3) is 0 Å². The largest absolute Gasteiger partial charge is 0.508 e. The lowest BCUT2D eigenvalue weighted by atomic mass is 9.77. The van der Waals surface area contributed by atoms with Crippen molar-refractivity contribution >= 4 is 11.9 Å². The number of carbonyl (C=O) groups is 2. The maximum Gasteiger partial charge on any atom is 0.341 e. The van der Waals surface area contributed by atoms with Gasteiger partial charge in [-0.1, -0.05) is 24.3 Å². The summed E-state index contributed by atoms with van der Waals surface area (Å²) in [5, 5.41) is 48.6. The highest BCUT2D eigenvalue weighted by molar-refractivity contribution is 5.90. The van der Waals surface area contributed by atoms with Crippen molar-refractivity contribution in [2.24, 2.45) is 0 Å². The van der Waals surface area contributed by atoms with Crippen molar-refractivity contribution < 1.29 is 35.1 Å². The van der Waals surface area contributed by atoms with E-state index in [1.54, 1.807) is 0 Å². The predicted molar refractivity (Wildman–Crippen MR) is 78.1 cm³/mol. The quantitative estimate of drug-likeness (QED) is 0.559. The van der Waals surface area contributed by atoms with Gasteiger partial charge < -0.3 is 25.5 Å². The van der Waals surface area contributed by atoms with Gasteiger partial charge in [-0.2, -0.15) is 0 Å². The third-order valence-corrected chi connectivity index (χ3v) is 3.48. The molecule has 7 nitrogen and oxygen atoms in total. The van der Waals surface area contributed by atoms with Crippen molar-refractivity contribution in [3.8, 4) is 11.5 Å². The fourth-order valence-corrected chi connectivity index (χ4v) is 2.42. The van der Waals surface area contributed by atoms with E-state index in [-0.39, 0.29) is 22.6 Å². The van der Waals surface area contributed by atoms with E-state index in [0.717, 1.165) is 12.1 Å². The van der Waals surface area contributed by atoms with Gasteiger partial charge >= 0.3 is 11.9 Å². The minimum absolute atomic E-state index is 0.0919. The fraction of sp³-hybridized carbons (Fsp3) is 0.125. The number of aromatic hydroxyl groups is 2. The molecule has 0 heterocycles. The summed E-state index contributed by atoms with van der Waals surface area (Å²) < 4.78 is 0. The summed E-state index contributed by atoms with van der Waals surface area (Å²) in [4.78, 5) is 23.3. The van der Waals surface area contributed by atoms with Crippen molar-refractivity contribution in [1.29, 1.82) is 0 Å². The zero-order valence-electron chi connectivity index (χ0n) is 11.7. The Kier molecular flexibility index (Phi) is 4.24. The summed E-state index contributed by atoms with van der Waals surface area (Å²) in [6.07, 6.45) is 0. The Hall–Kier alpha value is -3.06. The van der Waals surface area contributed by atoms with Gasteiger partial charge in [0.1, 0.15) is 17.4 Å². The van der Waals surface area contributed by atoms with Gasteiger partial charge in [0.15, 0.2) is 0 Å². The number of rotatable bonds is 5. The maximum absolute atomic E-state index is 11.7. The monoisotopic (exact) mass is 318 g/mol. The Labute approximate surface area is 130 Å². The van der Waals surface area contributed by atoms with Crippen LogP contribution in [-0.4, -0.2) is 37.5 Å². The van der Waals surface area contributed by atoms with Crippen LogP contribution in [0.3, 0.4) is 0 Å². The lowest BCUT2D eigenvalue weighted by Crippen LogP contribution is -2.45. The maximum atomic E-state index is 11.7. The molecule has 2 unspecified atom stereocenters. The molecule has 23 heavy (non-hydrogen) atoms. The van der Waals surface area contributed by atoms with Crippen molar-refractivity contribution in [2.75, 3.05) is 0 Å². The molecule has 0 bridgehead atoms. The molecule has 2 rings (SSSR count). The van der Waals surface area contributed by atoms with Gasteiger partial charge in [-0.25, -0.2) is 4.79 Å². The van der Waals surface area contributed by atoms with Crippen LogP contribution in [0.1, 0.15) is 17.0 Å². The average Bonchev–Trinajstić information content (AvgIpc) is 2.46. The van der Waals surface area contributed by atoms with E-state index < -0.39 is 23.5 Å². The molecule has 0 saturated carbocycles. The third kappa shape index (κ3) is 2.95. The molecule has 0 aliphatic heterocycles. The Bertz CT molecular complexity index is 756. The second-order valence-corrected chi connectivity index (χ2v) is 4.99.